The Morgan fingerprint density at radius 3 is 2.45 bits per heavy atom. The van der Waals surface area contributed by atoms with Crippen LogP contribution < -0.4 is 14.4 Å². The molecule has 13 heteroatoms. The average molecular weight is 640 g/mol. The van der Waals surface area contributed by atoms with Gasteiger partial charge in [0.15, 0.2) is 11.0 Å². The summed E-state index contributed by atoms with van der Waals surface area (Å²) in [6, 6.07) is 18.9. The van der Waals surface area contributed by atoms with Crippen LogP contribution in [0.15, 0.2) is 78.0 Å². The molecule has 1 saturated heterocycles. The van der Waals surface area contributed by atoms with Gasteiger partial charge in [0.2, 0.25) is 5.91 Å². The van der Waals surface area contributed by atoms with E-state index in [0.29, 0.717) is 33.8 Å². The molecule has 4 aromatic rings. The number of amidine groups is 1. The highest BCUT2D eigenvalue weighted by atomic mass is 32.2. The molecule has 1 fully saturated rings. The molecule has 1 aromatic heterocycles. The number of nitrogens with zero attached hydrogens (tertiary/aromatic N) is 5. The fourth-order valence-electron chi connectivity index (χ4n) is 4.60. The van der Waals surface area contributed by atoms with Gasteiger partial charge in [-0.3, -0.25) is 9.69 Å². The summed E-state index contributed by atoms with van der Waals surface area (Å²) < 4.78 is 47.9. The summed E-state index contributed by atoms with van der Waals surface area (Å²) in [5.41, 5.74) is 4.23. The van der Waals surface area contributed by atoms with Gasteiger partial charge in [-0.25, -0.2) is 14.7 Å². The molecule has 228 valence electrons. The fraction of sp³-hybridized carbons (Fsp3) is 0.258. The van der Waals surface area contributed by atoms with Crippen LogP contribution in [-0.2, 0) is 11.2 Å². The molecule has 3 aromatic carbocycles. The molecule has 0 N–H and O–H groups in total. The molecule has 5 rings (SSSR count). The summed E-state index contributed by atoms with van der Waals surface area (Å²) in [5, 5.41) is 5.05. The maximum atomic E-state index is 12.6. The van der Waals surface area contributed by atoms with Gasteiger partial charge in [0.05, 0.1) is 24.2 Å². The molecule has 0 radical (unpaired) electrons. The van der Waals surface area contributed by atoms with Crippen LogP contribution in [0.3, 0.4) is 0 Å². The van der Waals surface area contributed by atoms with E-state index >= 15 is 0 Å². The summed E-state index contributed by atoms with van der Waals surface area (Å²) in [6.07, 6.45) is 0.0405. The predicted octanol–water partition coefficient (Wildman–Crippen LogP) is 7.33. The van der Waals surface area contributed by atoms with E-state index in [2.05, 4.69) is 19.8 Å². The van der Waals surface area contributed by atoms with Crippen molar-refractivity contribution in [3.8, 4) is 28.6 Å². The monoisotopic (exact) mass is 639 g/mol. The van der Waals surface area contributed by atoms with E-state index in [1.165, 1.54) is 47.0 Å². The number of thiocarbonyl (C=S) groups is 1. The number of halogens is 3. The second-order valence-corrected chi connectivity index (χ2v) is 11.3. The van der Waals surface area contributed by atoms with E-state index in [-0.39, 0.29) is 11.7 Å². The lowest BCUT2D eigenvalue weighted by atomic mass is 10.0. The van der Waals surface area contributed by atoms with Gasteiger partial charge in [0.1, 0.15) is 22.8 Å². The third kappa shape index (κ3) is 7.83. The molecule has 0 unspecified atom stereocenters. The molecular formula is C31H28F3N5O3S2. The van der Waals surface area contributed by atoms with Crippen LogP contribution in [0.4, 0.5) is 18.9 Å². The van der Waals surface area contributed by atoms with Gasteiger partial charge in [0, 0.05) is 12.0 Å². The van der Waals surface area contributed by atoms with E-state index in [0.717, 1.165) is 47.4 Å². The van der Waals surface area contributed by atoms with Crippen molar-refractivity contribution < 1.29 is 27.4 Å². The summed E-state index contributed by atoms with van der Waals surface area (Å²) in [5.74, 6) is 1.23. The number of hydrogen-bond donors (Lipinski definition) is 0. The van der Waals surface area contributed by atoms with Crippen LogP contribution in [0.2, 0.25) is 0 Å². The quantitative estimate of drug-likeness (QED) is 0.133. The van der Waals surface area contributed by atoms with Gasteiger partial charge in [-0.2, -0.15) is 0 Å². The molecule has 0 aliphatic carbocycles. The maximum absolute atomic E-state index is 12.6. The van der Waals surface area contributed by atoms with E-state index in [1.807, 2.05) is 49.4 Å². The van der Waals surface area contributed by atoms with Gasteiger partial charge in [-0.15, -0.1) is 18.3 Å². The van der Waals surface area contributed by atoms with Crippen LogP contribution in [0.1, 0.15) is 30.4 Å². The van der Waals surface area contributed by atoms with Gasteiger partial charge in [0.25, 0.3) is 0 Å². The Labute approximate surface area is 261 Å². The van der Waals surface area contributed by atoms with Crippen molar-refractivity contribution in [2.45, 2.75) is 39.0 Å². The van der Waals surface area contributed by atoms with Crippen molar-refractivity contribution in [1.29, 1.82) is 0 Å². The van der Waals surface area contributed by atoms with Gasteiger partial charge in [-0.05, 0) is 79.8 Å². The first-order valence-electron chi connectivity index (χ1n) is 13.7. The fourth-order valence-corrected chi connectivity index (χ4v) is 5.77. The summed E-state index contributed by atoms with van der Waals surface area (Å²) in [7, 11) is 1.61. The Morgan fingerprint density at radius 1 is 1.05 bits per heavy atom. The molecule has 0 atom stereocenters. The number of ether oxygens (including phenoxy) is 2. The molecule has 1 aliphatic heterocycles. The minimum Gasteiger partial charge on any atom is -0.497 e. The van der Waals surface area contributed by atoms with Gasteiger partial charge in [-0.1, -0.05) is 48.2 Å². The van der Waals surface area contributed by atoms with Crippen LogP contribution in [0, 0.1) is 6.92 Å². The largest absolute Gasteiger partial charge is 0.573 e. The lowest BCUT2D eigenvalue weighted by molar-refractivity contribution is -0.274. The smallest absolute Gasteiger partial charge is 0.497 e. The number of aliphatic imine (C=N–C) groups is 1. The first kappa shape index (κ1) is 31.2. The maximum Gasteiger partial charge on any atom is 0.573 e. The molecule has 2 heterocycles. The number of aromatic nitrogens is 3. The predicted molar refractivity (Wildman–Crippen MR) is 169 cm³/mol. The lowest BCUT2D eigenvalue weighted by Crippen LogP contribution is -2.30. The molecule has 0 bridgehead atoms. The Hall–Kier alpha value is -4.23. The first-order valence-corrected chi connectivity index (χ1v) is 15.1. The molecule has 1 aliphatic rings. The molecule has 44 heavy (non-hydrogen) atoms. The molecular weight excluding hydrogens is 612 g/mol. The number of amides is 1. The molecule has 0 spiro atoms. The third-order valence-corrected chi connectivity index (χ3v) is 7.99. The van der Waals surface area contributed by atoms with Crippen LogP contribution in [-0.4, -0.2) is 50.1 Å². The van der Waals surface area contributed by atoms with Crippen LogP contribution >= 0.6 is 24.0 Å². The molecule has 8 nitrogen and oxygen atoms in total. The Kier molecular flexibility index (Phi) is 9.64. The van der Waals surface area contributed by atoms with Crippen molar-refractivity contribution in [3.63, 3.8) is 0 Å². The van der Waals surface area contributed by atoms with Gasteiger partial charge >= 0.3 is 6.36 Å². The number of rotatable bonds is 10. The highest BCUT2D eigenvalue weighted by Crippen LogP contribution is 2.32. The number of hydrogen-bond acceptors (Lipinski definition) is 7. The van der Waals surface area contributed by atoms with Gasteiger partial charge < -0.3 is 9.47 Å². The van der Waals surface area contributed by atoms with Crippen molar-refractivity contribution >= 4 is 45.7 Å². The van der Waals surface area contributed by atoms with Crippen molar-refractivity contribution in [2.24, 2.45) is 4.99 Å². The van der Waals surface area contributed by atoms with Crippen molar-refractivity contribution in [3.05, 3.63) is 84.2 Å². The number of alkyl halides is 3. The second-order valence-electron chi connectivity index (χ2n) is 9.92. The molecule has 0 saturated carbocycles. The normalized spacial score (nSPS) is 14.3. The third-order valence-electron chi connectivity index (χ3n) is 6.78. The number of carbonyl (C=O) groups is 1. The Balaban J connectivity index is 1.12. The summed E-state index contributed by atoms with van der Waals surface area (Å²) in [4.78, 5) is 23.8. The standard InChI is InChI=1S/C31H28F3N5O3S2/c1-20-17-25(41-2)15-16-26(20)39-28(40)18-44-30(39)36-27(43)6-4-3-5-21-7-9-22(10-8-21)29-35-19-38(37-29)23-11-13-24(14-12-23)42-31(32,33)34/h7-17,19H,3-6,18H2,1-2H3. The SMILES string of the molecule is COc1ccc(N2C(=O)CSC2=NC(=S)CCCCc2ccc(-c3ncn(-c4ccc(OC(F)(F)F)cc4)n3)cc2)c(C)c1. The number of aryl methyl sites for hydroxylation is 2. The number of unbranched alkanes of at least 4 members (excludes halogenated alkanes) is 1. The highest BCUT2D eigenvalue weighted by Gasteiger charge is 2.32. The number of thioether (sulfide) groups is 1. The number of methoxy groups -OCH3 is 1. The van der Waals surface area contributed by atoms with E-state index in [9.17, 15) is 18.0 Å². The topological polar surface area (TPSA) is 81.8 Å². The summed E-state index contributed by atoms with van der Waals surface area (Å²) in [6.45, 7) is 1.93. The first-order chi connectivity index (χ1) is 21.1. The van der Waals surface area contributed by atoms with Crippen molar-refractivity contribution in [2.75, 3.05) is 17.8 Å². The van der Waals surface area contributed by atoms with E-state index in [1.54, 1.807) is 12.0 Å². The van der Waals surface area contributed by atoms with E-state index < -0.39 is 6.36 Å². The zero-order valence-electron chi connectivity index (χ0n) is 23.9. The highest BCUT2D eigenvalue weighted by molar-refractivity contribution is 8.15. The van der Waals surface area contributed by atoms with E-state index in [4.69, 9.17) is 17.0 Å². The number of anilines is 1. The number of benzene rings is 3. The number of carbonyl (C=O) groups excluding carboxylic acids is 1. The second kappa shape index (κ2) is 13.6. The zero-order chi connectivity index (χ0) is 31.3. The van der Waals surface area contributed by atoms with Crippen LogP contribution in [0.25, 0.3) is 17.1 Å². The van der Waals surface area contributed by atoms with Crippen molar-refractivity contribution in [1.82, 2.24) is 14.8 Å². The van der Waals surface area contributed by atoms with Crippen LogP contribution in [0.5, 0.6) is 11.5 Å². The minimum absolute atomic E-state index is 0.0242. The Morgan fingerprint density at radius 2 is 1.77 bits per heavy atom. The average Bonchev–Trinajstić information content (AvgIpc) is 3.62. The lowest BCUT2D eigenvalue weighted by Gasteiger charge is -2.19. The Bertz CT molecular complexity index is 1670. The zero-order valence-corrected chi connectivity index (χ0v) is 25.5. The molecule has 1 amide bonds. The summed E-state index contributed by atoms with van der Waals surface area (Å²) >= 11 is 6.94. The minimum atomic E-state index is -4.74.